The van der Waals surface area contributed by atoms with Crippen LogP contribution in [0, 0.1) is 0 Å². The Morgan fingerprint density at radius 3 is 2.13 bits per heavy atom. The largest absolute Gasteiger partial charge is 0.322 e. The normalized spacial score (nSPS) is 11.1. The smallest absolute Gasteiger partial charge is 0.257 e. The molecular weight excluding hydrogens is 383 g/mol. The van der Waals surface area contributed by atoms with Crippen molar-refractivity contribution in [1.29, 1.82) is 0 Å². The summed E-state index contributed by atoms with van der Waals surface area (Å²) in [5.41, 5.74) is 0.782. The van der Waals surface area contributed by atoms with Gasteiger partial charge in [0.25, 0.3) is 5.91 Å². The fourth-order valence-electron chi connectivity index (χ4n) is 1.75. The van der Waals surface area contributed by atoms with E-state index in [0.717, 1.165) is 6.26 Å². The number of carbonyl (C=O) groups is 1. The zero-order valence-corrected chi connectivity index (χ0v) is 14.8. The molecule has 0 unspecified atom stereocenters. The van der Waals surface area contributed by atoms with E-state index in [1.807, 2.05) is 0 Å². The Hall–Kier alpha value is -1.47. The number of carbonyl (C=O) groups excluding carboxylic acids is 1. The fraction of sp³-hybridized carbons (Fsp3) is 0.0714. The van der Waals surface area contributed by atoms with Crippen LogP contribution >= 0.6 is 34.8 Å². The number of benzene rings is 2. The molecule has 0 atom stereocenters. The van der Waals surface area contributed by atoms with Gasteiger partial charge in [0, 0.05) is 11.4 Å². The summed E-state index contributed by atoms with van der Waals surface area (Å²) >= 11 is 17.7. The van der Waals surface area contributed by atoms with Gasteiger partial charge in [-0.15, -0.1) is 0 Å². The molecule has 0 radical (unpaired) electrons. The van der Waals surface area contributed by atoms with E-state index in [9.17, 15) is 13.2 Å². The van der Waals surface area contributed by atoms with Crippen molar-refractivity contribution in [3.05, 3.63) is 57.0 Å². The topological polar surface area (TPSA) is 75.3 Å². The standard InChI is InChI=1S/C14H11Cl3N2O3S/c1-23(21,22)19-9-3-4-11(15)10(6-9)14(20)18-8-2-5-12(16)13(17)7-8/h2-7,19H,1H3,(H,18,20). The predicted octanol–water partition coefficient (Wildman–Crippen LogP) is 4.27. The van der Waals surface area contributed by atoms with Gasteiger partial charge < -0.3 is 5.32 Å². The molecule has 0 fully saturated rings. The molecule has 0 aliphatic carbocycles. The van der Waals surface area contributed by atoms with Gasteiger partial charge in [-0.25, -0.2) is 8.42 Å². The van der Waals surface area contributed by atoms with E-state index in [2.05, 4.69) is 10.0 Å². The number of halogens is 3. The Kier molecular flexibility index (Phi) is 5.41. The van der Waals surface area contributed by atoms with E-state index >= 15 is 0 Å². The highest BCUT2D eigenvalue weighted by Gasteiger charge is 2.13. The van der Waals surface area contributed by atoms with Gasteiger partial charge in [0.1, 0.15) is 0 Å². The third kappa shape index (κ3) is 5.00. The Labute approximate surface area is 148 Å². The molecular formula is C14H11Cl3N2O3S. The minimum atomic E-state index is -3.46. The lowest BCUT2D eigenvalue weighted by molar-refractivity contribution is 0.102. The first-order valence-corrected chi connectivity index (χ1v) is 9.22. The highest BCUT2D eigenvalue weighted by atomic mass is 35.5. The lowest BCUT2D eigenvalue weighted by atomic mass is 10.2. The maximum Gasteiger partial charge on any atom is 0.257 e. The molecule has 5 nitrogen and oxygen atoms in total. The molecule has 0 saturated heterocycles. The van der Waals surface area contributed by atoms with Gasteiger partial charge in [0.05, 0.1) is 26.9 Å². The summed E-state index contributed by atoms with van der Waals surface area (Å²) in [6.07, 6.45) is 1.01. The number of sulfonamides is 1. The summed E-state index contributed by atoms with van der Waals surface area (Å²) in [5, 5.41) is 3.45. The molecule has 23 heavy (non-hydrogen) atoms. The summed E-state index contributed by atoms with van der Waals surface area (Å²) in [6, 6.07) is 8.85. The zero-order valence-electron chi connectivity index (χ0n) is 11.7. The average molecular weight is 394 g/mol. The SMILES string of the molecule is CS(=O)(=O)Nc1ccc(Cl)c(C(=O)Nc2ccc(Cl)c(Cl)c2)c1. The van der Waals surface area contributed by atoms with Crippen LogP contribution in [0.2, 0.25) is 15.1 Å². The van der Waals surface area contributed by atoms with Gasteiger partial charge >= 0.3 is 0 Å². The van der Waals surface area contributed by atoms with E-state index in [4.69, 9.17) is 34.8 Å². The van der Waals surface area contributed by atoms with Crippen molar-refractivity contribution in [3.63, 3.8) is 0 Å². The second kappa shape index (κ2) is 6.97. The number of rotatable bonds is 4. The Balaban J connectivity index is 2.27. The first-order chi connectivity index (χ1) is 10.7. The van der Waals surface area contributed by atoms with Gasteiger partial charge in [-0.05, 0) is 36.4 Å². The van der Waals surface area contributed by atoms with Crippen molar-refractivity contribution < 1.29 is 13.2 Å². The van der Waals surface area contributed by atoms with E-state index in [-0.39, 0.29) is 16.3 Å². The highest BCUT2D eigenvalue weighted by molar-refractivity contribution is 7.92. The Morgan fingerprint density at radius 2 is 1.52 bits per heavy atom. The van der Waals surface area contributed by atoms with Crippen molar-refractivity contribution in [2.24, 2.45) is 0 Å². The number of amides is 1. The van der Waals surface area contributed by atoms with Crippen molar-refractivity contribution in [2.75, 3.05) is 16.3 Å². The minimum absolute atomic E-state index is 0.117. The molecule has 0 bridgehead atoms. The van der Waals surface area contributed by atoms with Crippen molar-refractivity contribution >= 4 is 62.1 Å². The summed E-state index contributed by atoms with van der Waals surface area (Å²) < 4.78 is 24.8. The van der Waals surface area contributed by atoms with Crippen LogP contribution in [0.5, 0.6) is 0 Å². The predicted molar refractivity (Wildman–Crippen MR) is 94.3 cm³/mol. The van der Waals surface area contributed by atoms with E-state index in [0.29, 0.717) is 15.7 Å². The first kappa shape index (κ1) is 17.9. The van der Waals surface area contributed by atoms with Crippen molar-refractivity contribution in [1.82, 2.24) is 0 Å². The summed E-state index contributed by atoms with van der Waals surface area (Å²) in [6.45, 7) is 0. The van der Waals surface area contributed by atoms with Gasteiger partial charge in [-0.2, -0.15) is 0 Å². The molecule has 0 aromatic heterocycles. The van der Waals surface area contributed by atoms with Crippen molar-refractivity contribution in [3.8, 4) is 0 Å². The number of hydrogen-bond donors (Lipinski definition) is 2. The monoisotopic (exact) mass is 392 g/mol. The van der Waals surface area contributed by atoms with Crippen LogP contribution in [0.25, 0.3) is 0 Å². The lowest BCUT2D eigenvalue weighted by Gasteiger charge is -2.10. The van der Waals surface area contributed by atoms with Crippen LogP contribution in [0.4, 0.5) is 11.4 Å². The quantitative estimate of drug-likeness (QED) is 0.814. The molecule has 2 rings (SSSR count). The van der Waals surface area contributed by atoms with Crippen LogP contribution in [0.15, 0.2) is 36.4 Å². The highest BCUT2D eigenvalue weighted by Crippen LogP contribution is 2.26. The summed E-state index contributed by atoms with van der Waals surface area (Å²) in [7, 11) is -3.46. The molecule has 0 aliphatic rings. The Bertz CT molecular complexity index is 870. The maximum atomic E-state index is 12.3. The van der Waals surface area contributed by atoms with E-state index in [1.54, 1.807) is 12.1 Å². The van der Waals surface area contributed by atoms with Gasteiger partial charge in [-0.3, -0.25) is 9.52 Å². The molecule has 0 aliphatic heterocycles. The van der Waals surface area contributed by atoms with Crippen LogP contribution in [0.1, 0.15) is 10.4 Å². The third-order valence-electron chi connectivity index (χ3n) is 2.69. The minimum Gasteiger partial charge on any atom is -0.322 e. The summed E-state index contributed by atoms with van der Waals surface area (Å²) in [4.78, 5) is 12.3. The third-order valence-corrected chi connectivity index (χ3v) is 4.37. The van der Waals surface area contributed by atoms with E-state index in [1.165, 1.54) is 24.3 Å². The van der Waals surface area contributed by atoms with Gasteiger partial charge in [0.2, 0.25) is 10.0 Å². The average Bonchev–Trinajstić information content (AvgIpc) is 2.43. The van der Waals surface area contributed by atoms with Gasteiger partial charge in [0.15, 0.2) is 0 Å². The molecule has 0 saturated carbocycles. The first-order valence-electron chi connectivity index (χ1n) is 6.19. The molecule has 2 aromatic rings. The van der Waals surface area contributed by atoms with Crippen LogP contribution in [0.3, 0.4) is 0 Å². The molecule has 0 heterocycles. The molecule has 2 N–H and O–H groups in total. The van der Waals surface area contributed by atoms with E-state index < -0.39 is 15.9 Å². The molecule has 9 heteroatoms. The fourth-order valence-corrected chi connectivity index (χ4v) is 2.81. The van der Waals surface area contributed by atoms with Crippen molar-refractivity contribution in [2.45, 2.75) is 0 Å². The molecule has 122 valence electrons. The molecule has 2 aromatic carbocycles. The molecule has 0 spiro atoms. The number of anilines is 2. The second-order valence-electron chi connectivity index (χ2n) is 4.65. The van der Waals surface area contributed by atoms with Gasteiger partial charge in [-0.1, -0.05) is 34.8 Å². The lowest BCUT2D eigenvalue weighted by Crippen LogP contribution is -2.14. The number of hydrogen-bond acceptors (Lipinski definition) is 3. The van der Waals surface area contributed by atoms with Crippen LogP contribution < -0.4 is 10.0 Å². The zero-order chi connectivity index (χ0) is 17.2. The second-order valence-corrected chi connectivity index (χ2v) is 7.62. The maximum absolute atomic E-state index is 12.3. The Morgan fingerprint density at radius 1 is 0.913 bits per heavy atom. The number of nitrogens with one attached hydrogen (secondary N) is 2. The van der Waals surface area contributed by atoms with Crippen LogP contribution in [-0.2, 0) is 10.0 Å². The summed E-state index contributed by atoms with van der Waals surface area (Å²) in [5.74, 6) is -0.509. The van der Waals surface area contributed by atoms with Crippen LogP contribution in [-0.4, -0.2) is 20.6 Å². The molecule has 1 amide bonds.